The van der Waals surface area contributed by atoms with Crippen molar-refractivity contribution in [1.29, 1.82) is 0 Å². The zero-order valence-corrected chi connectivity index (χ0v) is 13.1. The van der Waals surface area contributed by atoms with Crippen molar-refractivity contribution in [2.45, 2.75) is 32.7 Å². The van der Waals surface area contributed by atoms with Gasteiger partial charge in [-0.2, -0.15) is 0 Å². The van der Waals surface area contributed by atoms with Crippen LogP contribution in [0.25, 0.3) is 0 Å². The largest absolute Gasteiger partial charge is 0.334 e. The molecular formula is C15H21BrN2O. The number of piperidine rings is 1. The Labute approximate surface area is 123 Å². The summed E-state index contributed by atoms with van der Waals surface area (Å²) >= 11 is 3.53. The van der Waals surface area contributed by atoms with Gasteiger partial charge in [-0.3, -0.25) is 4.79 Å². The molecular weight excluding hydrogens is 304 g/mol. The van der Waals surface area contributed by atoms with Gasteiger partial charge in [0.2, 0.25) is 0 Å². The Hall–Kier alpha value is -0.870. The number of halogens is 1. The zero-order chi connectivity index (χ0) is 14.0. The molecule has 3 nitrogen and oxygen atoms in total. The molecule has 1 aromatic carbocycles. The van der Waals surface area contributed by atoms with Crippen LogP contribution in [-0.2, 0) is 0 Å². The summed E-state index contributed by atoms with van der Waals surface area (Å²) in [5.74, 6) is 0.573. The van der Waals surface area contributed by atoms with Crippen LogP contribution in [0.3, 0.4) is 0 Å². The van der Waals surface area contributed by atoms with Crippen LogP contribution in [0, 0.1) is 12.8 Å². The molecule has 1 saturated heterocycles. The topological polar surface area (TPSA) is 46.3 Å². The second-order valence-corrected chi connectivity index (χ2v) is 6.15. The van der Waals surface area contributed by atoms with Crippen molar-refractivity contribution in [3.63, 3.8) is 0 Å². The molecule has 0 saturated carbocycles. The fourth-order valence-electron chi connectivity index (χ4n) is 2.83. The van der Waals surface area contributed by atoms with E-state index in [4.69, 9.17) is 5.73 Å². The van der Waals surface area contributed by atoms with Crippen molar-refractivity contribution < 1.29 is 4.79 Å². The maximum absolute atomic E-state index is 12.7. The maximum atomic E-state index is 12.7. The normalized spacial score (nSPS) is 23.5. The van der Waals surface area contributed by atoms with Gasteiger partial charge in [-0.1, -0.05) is 19.1 Å². The Balaban J connectivity index is 2.29. The van der Waals surface area contributed by atoms with Crippen LogP contribution in [0.1, 0.15) is 35.7 Å². The number of likely N-dealkylation sites (tertiary alicyclic amines) is 1. The van der Waals surface area contributed by atoms with Crippen LogP contribution in [0.4, 0.5) is 0 Å². The molecule has 2 rings (SSSR count). The van der Waals surface area contributed by atoms with Gasteiger partial charge in [-0.05, 0) is 53.2 Å². The number of nitrogens with zero attached hydrogens (tertiary/aromatic N) is 1. The van der Waals surface area contributed by atoms with E-state index in [9.17, 15) is 4.79 Å². The van der Waals surface area contributed by atoms with Crippen LogP contribution in [0.2, 0.25) is 0 Å². The zero-order valence-electron chi connectivity index (χ0n) is 11.5. The van der Waals surface area contributed by atoms with E-state index < -0.39 is 0 Å². The van der Waals surface area contributed by atoms with Crippen molar-refractivity contribution in [3.05, 3.63) is 33.8 Å². The van der Waals surface area contributed by atoms with Crippen molar-refractivity contribution in [2.75, 3.05) is 13.1 Å². The predicted molar refractivity (Wildman–Crippen MR) is 81.2 cm³/mol. The Kier molecular flexibility index (Phi) is 4.63. The smallest absolute Gasteiger partial charge is 0.255 e. The quantitative estimate of drug-likeness (QED) is 0.909. The molecule has 1 amide bonds. The van der Waals surface area contributed by atoms with E-state index in [1.807, 2.05) is 30.0 Å². The SMILES string of the molecule is Cc1cccc(C(=O)N2CCCC(C)C2CN)c1Br. The number of carbonyl (C=O) groups is 1. The highest BCUT2D eigenvalue weighted by Crippen LogP contribution is 2.28. The minimum atomic E-state index is 0.0950. The van der Waals surface area contributed by atoms with Crippen molar-refractivity contribution >= 4 is 21.8 Å². The van der Waals surface area contributed by atoms with E-state index in [1.165, 1.54) is 0 Å². The minimum absolute atomic E-state index is 0.0950. The molecule has 4 heteroatoms. The molecule has 2 atom stereocenters. The molecule has 2 unspecified atom stereocenters. The molecule has 1 heterocycles. The van der Waals surface area contributed by atoms with E-state index in [0.29, 0.717) is 12.5 Å². The van der Waals surface area contributed by atoms with E-state index >= 15 is 0 Å². The van der Waals surface area contributed by atoms with Gasteiger partial charge in [0.1, 0.15) is 0 Å². The van der Waals surface area contributed by atoms with E-state index in [0.717, 1.165) is 35.0 Å². The van der Waals surface area contributed by atoms with Gasteiger partial charge < -0.3 is 10.6 Å². The standard InChI is InChI=1S/C15H21BrN2O/c1-10-6-4-8-18(13(10)9-17)15(19)12-7-3-5-11(2)14(12)16/h3,5,7,10,13H,4,6,8-9,17H2,1-2H3. The molecule has 0 aliphatic carbocycles. The van der Waals surface area contributed by atoms with Crippen LogP contribution >= 0.6 is 15.9 Å². The molecule has 1 fully saturated rings. The molecule has 1 aromatic rings. The maximum Gasteiger partial charge on any atom is 0.255 e. The van der Waals surface area contributed by atoms with Gasteiger partial charge in [0.15, 0.2) is 0 Å². The molecule has 2 N–H and O–H groups in total. The Morgan fingerprint density at radius 1 is 1.53 bits per heavy atom. The summed E-state index contributed by atoms with van der Waals surface area (Å²) < 4.78 is 0.897. The van der Waals surface area contributed by atoms with Crippen LogP contribution in [0.15, 0.2) is 22.7 Å². The molecule has 0 spiro atoms. The number of nitrogens with two attached hydrogens (primary N) is 1. The first-order chi connectivity index (χ1) is 9.06. The highest BCUT2D eigenvalue weighted by molar-refractivity contribution is 9.10. The number of carbonyl (C=O) groups excluding carboxylic acids is 1. The van der Waals surface area contributed by atoms with Gasteiger partial charge in [0.25, 0.3) is 5.91 Å². The van der Waals surface area contributed by atoms with Gasteiger partial charge in [-0.25, -0.2) is 0 Å². The lowest BCUT2D eigenvalue weighted by Gasteiger charge is -2.39. The number of hydrogen-bond donors (Lipinski definition) is 1. The number of amides is 1. The predicted octanol–water partition coefficient (Wildman–Crippen LogP) is 2.96. The second kappa shape index (κ2) is 6.06. The summed E-state index contributed by atoms with van der Waals surface area (Å²) in [6, 6.07) is 5.97. The average Bonchev–Trinajstić information content (AvgIpc) is 2.41. The number of aryl methyl sites for hydroxylation is 1. The number of rotatable bonds is 2. The highest BCUT2D eigenvalue weighted by atomic mass is 79.9. The van der Waals surface area contributed by atoms with Crippen molar-refractivity contribution in [2.24, 2.45) is 11.7 Å². The van der Waals surface area contributed by atoms with E-state index in [-0.39, 0.29) is 11.9 Å². The number of benzene rings is 1. The highest BCUT2D eigenvalue weighted by Gasteiger charge is 2.32. The van der Waals surface area contributed by atoms with Crippen molar-refractivity contribution in [3.8, 4) is 0 Å². The van der Waals surface area contributed by atoms with Crippen LogP contribution < -0.4 is 5.73 Å². The molecule has 1 aliphatic heterocycles. The van der Waals surface area contributed by atoms with Gasteiger partial charge in [0.05, 0.1) is 5.56 Å². The lowest BCUT2D eigenvalue weighted by molar-refractivity contribution is 0.0531. The fraction of sp³-hybridized carbons (Fsp3) is 0.533. The molecule has 0 radical (unpaired) electrons. The minimum Gasteiger partial charge on any atom is -0.334 e. The Morgan fingerprint density at radius 2 is 2.26 bits per heavy atom. The number of hydrogen-bond acceptors (Lipinski definition) is 2. The summed E-state index contributed by atoms with van der Waals surface area (Å²) in [4.78, 5) is 14.7. The first kappa shape index (κ1) is 14.5. The van der Waals surface area contributed by atoms with Crippen LogP contribution in [0.5, 0.6) is 0 Å². The molecule has 0 bridgehead atoms. The van der Waals surface area contributed by atoms with Crippen molar-refractivity contribution in [1.82, 2.24) is 4.90 Å². The average molecular weight is 325 g/mol. The summed E-state index contributed by atoms with van der Waals surface area (Å²) in [7, 11) is 0. The second-order valence-electron chi connectivity index (χ2n) is 5.36. The lowest BCUT2D eigenvalue weighted by atomic mass is 9.90. The third-order valence-corrected chi connectivity index (χ3v) is 5.09. The third-order valence-electron chi connectivity index (χ3n) is 4.04. The summed E-state index contributed by atoms with van der Waals surface area (Å²) in [5.41, 5.74) is 7.69. The first-order valence-electron chi connectivity index (χ1n) is 6.82. The molecule has 104 valence electrons. The molecule has 0 aromatic heterocycles. The molecule has 19 heavy (non-hydrogen) atoms. The summed E-state index contributed by atoms with van der Waals surface area (Å²) in [6.45, 7) is 5.53. The fourth-order valence-corrected chi connectivity index (χ4v) is 3.26. The van der Waals surface area contributed by atoms with E-state index in [1.54, 1.807) is 0 Å². The van der Waals surface area contributed by atoms with E-state index in [2.05, 4.69) is 22.9 Å². The van der Waals surface area contributed by atoms with Gasteiger partial charge >= 0.3 is 0 Å². The summed E-state index contributed by atoms with van der Waals surface area (Å²) in [5, 5.41) is 0. The summed E-state index contributed by atoms with van der Waals surface area (Å²) in [6.07, 6.45) is 2.22. The van der Waals surface area contributed by atoms with Gasteiger partial charge in [-0.15, -0.1) is 0 Å². The monoisotopic (exact) mass is 324 g/mol. The first-order valence-corrected chi connectivity index (χ1v) is 7.61. The lowest BCUT2D eigenvalue weighted by Crippen LogP contribution is -2.51. The Bertz CT molecular complexity index is 475. The van der Waals surface area contributed by atoms with Crippen LogP contribution in [-0.4, -0.2) is 29.9 Å². The molecule has 1 aliphatic rings. The van der Waals surface area contributed by atoms with Gasteiger partial charge in [0, 0.05) is 23.6 Å². The third kappa shape index (κ3) is 2.84. The Morgan fingerprint density at radius 3 is 2.95 bits per heavy atom.